The lowest BCUT2D eigenvalue weighted by Gasteiger charge is -2.18. The smallest absolute Gasteiger partial charge is 0.206 e. The molecule has 0 aliphatic heterocycles. The zero-order valence-electron chi connectivity index (χ0n) is 21.5. The Hall–Kier alpha value is -5.62. The van der Waals surface area contributed by atoms with Crippen LogP contribution in [0.15, 0.2) is 36.4 Å². The molecule has 4 nitrogen and oxygen atoms in total. The number of hydrogen-bond donors (Lipinski definition) is 0. The first-order valence-corrected chi connectivity index (χ1v) is 11.5. The SMILES string of the molecule is N#CC(C#N)=c1c(F)c(-c2cc(C(F)(F)F)cc(C(F)(F)F)c2)c(=C(C#N)C#N)c(F)c1-c1cc(C(F)(F)F)cc(C(F)(F)F)c1. The van der Waals surface area contributed by atoms with E-state index < -0.39 is 115 Å². The molecule has 0 bridgehead atoms. The number of rotatable bonds is 2. The maximum absolute atomic E-state index is 16.4. The van der Waals surface area contributed by atoms with Gasteiger partial charge in [-0.15, -0.1) is 0 Å². The summed E-state index contributed by atoms with van der Waals surface area (Å²) in [7, 11) is 0. The molecule has 3 aromatic rings. The lowest BCUT2D eigenvalue weighted by Crippen LogP contribution is -2.29. The molecule has 236 valence electrons. The summed E-state index contributed by atoms with van der Waals surface area (Å²) in [6.45, 7) is 0. The topological polar surface area (TPSA) is 95.2 Å². The first-order chi connectivity index (χ1) is 21.0. The van der Waals surface area contributed by atoms with Gasteiger partial charge in [-0.1, -0.05) is 0 Å². The van der Waals surface area contributed by atoms with Crippen molar-refractivity contribution in [1.29, 1.82) is 21.0 Å². The molecule has 0 atom stereocenters. The van der Waals surface area contributed by atoms with Crippen molar-refractivity contribution in [1.82, 2.24) is 0 Å². The molecule has 0 saturated carbocycles. The number of nitriles is 4. The third-order valence-electron chi connectivity index (χ3n) is 6.08. The molecule has 0 aromatic heterocycles. The Kier molecular flexibility index (Phi) is 8.88. The Morgan fingerprint density at radius 1 is 0.413 bits per heavy atom. The Morgan fingerprint density at radius 3 is 0.804 bits per heavy atom. The number of benzene rings is 3. The molecule has 3 aromatic carbocycles. The van der Waals surface area contributed by atoms with Crippen molar-refractivity contribution in [3.05, 3.63) is 80.7 Å². The quantitative estimate of drug-likeness (QED) is 0.262. The largest absolute Gasteiger partial charge is 0.416 e. The number of hydrogen-bond acceptors (Lipinski definition) is 4. The molecule has 18 heteroatoms. The van der Waals surface area contributed by atoms with Gasteiger partial charge < -0.3 is 0 Å². The van der Waals surface area contributed by atoms with Gasteiger partial charge in [0, 0.05) is 11.1 Å². The van der Waals surface area contributed by atoms with Crippen LogP contribution in [0.3, 0.4) is 0 Å². The molecule has 0 saturated heterocycles. The maximum Gasteiger partial charge on any atom is 0.416 e. The summed E-state index contributed by atoms with van der Waals surface area (Å²) in [5.74, 6) is -4.68. The number of halogens is 14. The van der Waals surface area contributed by atoms with Crippen LogP contribution in [0, 0.1) is 57.0 Å². The predicted octanol–water partition coefficient (Wildman–Crippen LogP) is 7.77. The summed E-state index contributed by atoms with van der Waals surface area (Å²) in [4.78, 5) is 0. The van der Waals surface area contributed by atoms with Crippen molar-refractivity contribution in [3.8, 4) is 46.5 Å². The first-order valence-electron chi connectivity index (χ1n) is 11.5. The summed E-state index contributed by atoms with van der Waals surface area (Å²) in [6.07, 6.45) is -22.4. The van der Waals surface area contributed by atoms with E-state index in [1.165, 1.54) is 0 Å². The van der Waals surface area contributed by atoms with E-state index >= 15 is 8.78 Å². The molecule has 0 aliphatic carbocycles. The summed E-state index contributed by atoms with van der Waals surface area (Å²) < 4.78 is 196. The summed E-state index contributed by atoms with van der Waals surface area (Å²) >= 11 is 0. The summed E-state index contributed by atoms with van der Waals surface area (Å²) in [5, 5.41) is 34.0. The lowest BCUT2D eigenvalue weighted by atomic mass is 9.88. The number of alkyl halides is 12. The minimum Gasteiger partial charge on any atom is -0.206 e. The zero-order valence-corrected chi connectivity index (χ0v) is 21.5. The fourth-order valence-corrected chi connectivity index (χ4v) is 4.17. The van der Waals surface area contributed by atoms with Gasteiger partial charge in [0.25, 0.3) is 0 Å². The summed E-state index contributed by atoms with van der Waals surface area (Å²) in [5.41, 5.74) is -18.5. The summed E-state index contributed by atoms with van der Waals surface area (Å²) in [6, 6.07) is 2.19. The van der Waals surface area contributed by atoms with E-state index in [0.717, 1.165) is 24.3 Å². The fourth-order valence-electron chi connectivity index (χ4n) is 4.17. The van der Waals surface area contributed by atoms with Crippen LogP contribution < -0.4 is 10.4 Å². The molecule has 3 rings (SSSR count). The van der Waals surface area contributed by atoms with Crippen LogP contribution in [0.1, 0.15) is 22.3 Å². The molecule has 0 heterocycles. The molecular formula is C28H6F14N4. The molecule has 0 unspecified atom stereocenters. The molecule has 0 fully saturated rings. The second-order valence-electron chi connectivity index (χ2n) is 8.91. The Morgan fingerprint density at radius 2 is 0.630 bits per heavy atom. The minimum atomic E-state index is -5.60. The predicted molar refractivity (Wildman–Crippen MR) is 126 cm³/mol. The average molecular weight is 664 g/mol. The molecule has 0 aliphatic rings. The van der Waals surface area contributed by atoms with Crippen molar-refractivity contribution in [3.63, 3.8) is 0 Å². The Bertz CT molecular complexity index is 1810. The van der Waals surface area contributed by atoms with E-state index in [-0.39, 0.29) is 24.3 Å². The zero-order chi connectivity index (χ0) is 35.2. The molecule has 0 amide bonds. The van der Waals surface area contributed by atoms with Crippen LogP contribution in [0.2, 0.25) is 0 Å². The van der Waals surface area contributed by atoms with Gasteiger partial charge in [-0.2, -0.15) is 73.7 Å². The maximum atomic E-state index is 16.4. The Balaban J connectivity index is 2.87. The van der Waals surface area contributed by atoms with Gasteiger partial charge in [0.15, 0.2) is 0 Å². The van der Waals surface area contributed by atoms with Crippen molar-refractivity contribution < 1.29 is 61.5 Å². The van der Waals surface area contributed by atoms with E-state index in [0.29, 0.717) is 0 Å². The van der Waals surface area contributed by atoms with Gasteiger partial charge in [-0.05, 0) is 47.5 Å². The Labute approximate surface area is 246 Å². The van der Waals surface area contributed by atoms with Gasteiger partial charge in [0.2, 0.25) is 0 Å². The van der Waals surface area contributed by atoms with Gasteiger partial charge in [-0.3, -0.25) is 0 Å². The highest BCUT2D eigenvalue weighted by atomic mass is 19.4. The van der Waals surface area contributed by atoms with Crippen molar-refractivity contribution >= 4 is 11.1 Å². The highest BCUT2D eigenvalue weighted by Gasteiger charge is 2.40. The van der Waals surface area contributed by atoms with Crippen molar-refractivity contribution in [2.24, 2.45) is 0 Å². The van der Waals surface area contributed by atoms with Crippen LogP contribution in [-0.2, 0) is 24.7 Å². The van der Waals surface area contributed by atoms with Crippen LogP contribution >= 0.6 is 0 Å². The molecule has 0 radical (unpaired) electrons. The molecule has 46 heavy (non-hydrogen) atoms. The molecule has 0 N–H and O–H groups in total. The fraction of sp³-hybridized carbons (Fsp3) is 0.143. The highest BCUT2D eigenvalue weighted by Crippen LogP contribution is 2.41. The third kappa shape index (κ3) is 6.57. The van der Waals surface area contributed by atoms with Crippen molar-refractivity contribution in [2.45, 2.75) is 24.7 Å². The second kappa shape index (κ2) is 11.7. The lowest BCUT2D eigenvalue weighted by molar-refractivity contribution is -0.144. The van der Waals surface area contributed by atoms with Gasteiger partial charge in [0.1, 0.15) is 47.1 Å². The van der Waals surface area contributed by atoms with Crippen LogP contribution in [0.5, 0.6) is 0 Å². The second-order valence-corrected chi connectivity index (χ2v) is 8.91. The van der Waals surface area contributed by atoms with E-state index in [2.05, 4.69) is 0 Å². The van der Waals surface area contributed by atoms with Gasteiger partial charge in [0.05, 0.1) is 32.7 Å². The van der Waals surface area contributed by atoms with E-state index in [1.54, 1.807) is 0 Å². The van der Waals surface area contributed by atoms with Gasteiger partial charge >= 0.3 is 24.7 Å². The van der Waals surface area contributed by atoms with Crippen molar-refractivity contribution in [2.75, 3.05) is 0 Å². The first kappa shape index (κ1) is 34.9. The number of nitrogens with zero attached hydrogens (tertiary/aromatic N) is 4. The van der Waals surface area contributed by atoms with Crippen LogP contribution in [0.4, 0.5) is 61.5 Å². The van der Waals surface area contributed by atoms with E-state index in [9.17, 15) is 73.7 Å². The van der Waals surface area contributed by atoms with Gasteiger partial charge in [-0.25, -0.2) is 8.78 Å². The third-order valence-corrected chi connectivity index (χ3v) is 6.08. The monoisotopic (exact) mass is 664 g/mol. The van der Waals surface area contributed by atoms with E-state index in [4.69, 9.17) is 0 Å². The highest BCUT2D eigenvalue weighted by molar-refractivity contribution is 5.86. The minimum absolute atomic E-state index is 0.198. The van der Waals surface area contributed by atoms with E-state index in [1.807, 2.05) is 0 Å². The van der Waals surface area contributed by atoms with Crippen LogP contribution in [-0.4, -0.2) is 0 Å². The standard InChI is InChI=1S/C28H6F14N4/c29-23-19(11-1-15(25(31,32)33)5-16(2-11)26(34,35)36)21(13(7-43)8-44)24(30)20(22(23)14(9-45)10-46)12-3-17(27(37,38)39)6-18(4-12)28(40,41)42/h1-6H. The molecular weight excluding hydrogens is 658 g/mol. The average Bonchev–Trinajstić information content (AvgIpc) is 2.94. The van der Waals surface area contributed by atoms with Crippen LogP contribution in [0.25, 0.3) is 33.4 Å². The normalized spacial score (nSPS) is 12.0. The molecule has 0 spiro atoms.